The summed E-state index contributed by atoms with van der Waals surface area (Å²) in [5, 5.41) is 0. The minimum atomic E-state index is -0.167. The zero-order valence-electron chi connectivity index (χ0n) is 12.4. The number of hydrogen-bond acceptors (Lipinski definition) is 2. The van der Waals surface area contributed by atoms with Crippen LogP contribution in [0.3, 0.4) is 0 Å². The van der Waals surface area contributed by atoms with Crippen molar-refractivity contribution in [1.82, 2.24) is 0 Å². The van der Waals surface area contributed by atoms with Gasteiger partial charge < -0.3 is 4.74 Å². The second-order valence-corrected chi connectivity index (χ2v) is 6.82. The minimum Gasteiger partial charge on any atom is -0.459 e. The van der Waals surface area contributed by atoms with Crippen LogP contribution in [-0.4, -0.2) is 11.6 Å². The fraction of sp³-hybridized carbons (Fsp3) is 0.812. The van der Waals surface area contributed by atoms with E-state index in [1.807, 2.05) is 6.92 Å². The third-order valence-electron chi connectivity index (χ3n) is 5.31. The maximum absolute atomic E-state index is 11.4. The molecular weight excluding hydrogens is 224 g/mol. The SMILES string of the molecule is CCC(=O)OC1(C)CC1CC1CC=C(C)C1(C)C. The van der Waals surface area contributed by atoms with Crippen molar-refractivity contribution in [2.24, 2.45) is 17.3 Å². The van der Waals surface area contributed by atoms with Crippen LogP contribution in [0.25, 0.3) is 0 Å². The van der Waals surface area contributed by atoms with Crippen molar-refractivity contribution in [3.8, 4) is 0 Å². The van der Waals surface area contributed by atoms with Gasteiger partial charge >= 0.3 is 5.97 Å². The third kappa shape index (κ3) is 2.34. The number of rotatable bonds is 4. The Labute approximate surface area is 111 Å². The first-order chi connectivity index (χ1) is 8.29. The summed E-state index contributed by atoms with van der Waals surface area (Å²) in [5.74, 6) is 1.22. The maximum atomic E-state index is 11.4. The van der Waals surface area contributed by atoms with Crippen LogP contribution in [0.4, 0.5) is 0 Å². The molecule has 0 bridgehead atoms. The monoisotopic (exact) mass is 250 g/mol. The molecule has 0 saturated heterocycles. The lowest BCUT2D eigenvalue weighted by Gasteiger charge is -2.30. The first-order valence-corrected chi connectivity index (χ1v) is 7.18. The zero-order valence-corrected chi connectivity index (χ0v) is 12.4. The molecule has 0 aromatic rings. The Morgan fingerprint density at radius 2 is 2.06 bits per heavy atom. The highest BCUT2D eigenvalue weighted by Crippen LogP contribution is 2.55. The van der Waals surface area contributed by atoms with Crippen molar-refractivity contribution in [3.63, 3.8) is 0 Å². The molecule has 102 valence electrons. The van der Waals surface area contributed by atoms with Crippen molar-refractivity contribution in [2.75, 3.05) is 0 Å². The van der Waals surface area contributed by atoms with Crippen molar-refractivity contribution in [1.29, 1.82) is 0 Å². The van der Waals surface area contributed by atoms with Gasteiger partial charge in [0.25, 0.3) is 0 Å². The van der Waals surface area contributed by atoms with Crippen molar-refractivity contribution in [3.05, 3.63) is 11.6 Å². The van der Waals surface area contributed by atoms with Gasteiger partial charge in [-0.2, -0.15) is 0 Å². The lowest BCUT2D eigenvalue weighted by atomic mass is 9.75. The maximum Gasteiger partial charge on any atom is 0.306 e. The summed E-state index contributed by atoms with van der Waals surface area (Å²) >= 11 is 0. The Morgan fingerprint density at radius 3 is 2.56 bits per heavy atom. The first-order valence-electron chi connectivity index (χ1n) is 7.18. The Balaban J connectivity index is 1.89. The Hall–Kier alpha value is -0.790. The van der Waals surface area contributed by atoms with E-state index in [1.165, 1.54) is 18.4 Å². The highest BCUT2D eigenvalue weighted by Gasteiger charge is 2.55. The normalized spacial score (nSPS) is 37.3. The molecule has 1 fully saturated rings. The highest BCUT2D eigenvalue weighted by atomic mass is 16.6. The Morgan fingerprint density at radius 1 is 1.39 bits per heavy atom. The van der Waals surface area contributed by atoms with E-state index in [9.17, 15) is 4.79 Å². The lowest BCUT2D eigenvalue weighted by Crippen LogP contribution is -2.24. The molecule has 0 amide bonds. The molecule has 0 aromatic carbocycles. The van der Waals surface area contributed by atoms with Gasteiger partial charge in [0.1, 0.15) is 5.60 Å². The number of hydrogen-bond donors (Lipinski definition) is 0. The summed E-state index contributed by atoms with van der Waals surface area (Å²) in [4.78, 5) is 11.4. The molecule has 2 nitrogen and oxygen atoms in total. The molecule has 0 heterocycles. The predicted molar refractivity (Wildman–Crippen MR) is 73.2 cm³/mol. The lowest BCUT2D eigenvalue weighted by molar-refractivity contribution is -0.150. The van der Waals surface area contributed by atoms with Gasteiger partial charge in [0.2, 0.25) is 0 Å². The number of carbonyl (C=O) groups is 1. The van der Waals surface area contributed by atoms with E-state index in [0.717, 1.165) is 6.42 Å². The van der Waals surface area contributed by atoms with Crippen molar-refractivity contribution < 1.29 is 9.53 Å². The molecular formula is C16H26O2. The summed E-state index contributed by atoms with van der Waals surface area (Å²) < 4.78 is 5.56. The molecule has 0 radical (unpaired) electrons. The summed E-state index contributed by atoms with van der Waals surface area (Å²) in [6.45, 7) is 10.9. The van der Waals surface area contributed by atoms with E-state index in [1.54, 1.807) is 0 Å². The summed E-state index contributed by atoms with van der Waals surface area (Å²) in [5.41, 5.74) is 1.66. The van der Waals surface area contributed by atoms with Gasteiger partial charge in [-0.1, -0.05) is 32.4 Å². The standard InChI is InChI=1S/C16H26O2/c1-6-14(17)18-16(5)10-13(16)9-12-8-7-11(2)15(12,3)4/h7,12-13H,6,8-10H2,1-5H3. The molecule has 2 rings (SSSR count). The highest BCUT2D eigenvalue weighted by molar-refractivity contribution is 5.69. The van der Waals surface area contributed by atoms with Crippen molar-refractivity contribution >= 4 is 5.97 Å². The molecule has 3 atom stereocenters. The van der Waals surface area contributed by atoms with Gasteiger partial charge in [-0.3, -0.25) is 4.79 Å². The summed E-state index contributed by atoms with van der Waals surface area (Å²) in [7, 11) is 0. The molecule has 0 spiro atoms. The van der Waals surface area contributed by atoms with E-state index in [0.29, 0.717) is 23.7 Å². The molecule has 2 aliphatic rings. The van der Waals surface area contributed by atoms with E-state index in [-0.39, 0.29) is 11.6 Å². The largest absolute Gasteiger partial charge is 0.459 e. The average molecular weight is 250 g/mol. The molecule has 2 aliphatic carbocycles. The fourth-order valence-electron chi connectivity index (χ4n) is 3.15. The van der Waals surface area contributed by atoms with Crippen molar-refractivity contribution in [2.45, 2.75) is 65.9 Å². The van der Waals surface area contributed by atoms with Crippen LogP contribution >= 0.6 is 0 Å². The number of esters is 1. The van der Waals surface area contributed by atoms with Crippen LogP contribution < -0.4 is 0 Å². The van der Waals surface area contributed by atoms with Gasteiger partial charge in [-0.25, -0.2) is 0 Å². The minimum absolute atomic E-state index is 0.0556. The smallest absolute Gasteiger partial charge is 0.306 e. The van der Waals surface area contributed by atoms with Crippen LogP contribution in [0.2, 0.25) is 0 Å². The topological polar surface area (TPSA) is 26.3 Å². The Bertz CT molecular complexity index is 381. The summed E-state index contributed by atoms with van der Waals surface area (Å²) in [6, 6.07) is 0. The van der Waals surface area contributed by atoms with Gasteiger partial charge in [0, 0.05) is 12.3 Å². The van der Waals surface area contributed by atoms with Gasteiger partial charge in [0.05, 0.1) is 0 Å². The second kappa shape index (κ2) is 4.40. The zero-order chi connectivity index (χ0) is 13.6. The van der Waals surface area contributed by atoms with E-state index < -0.39 is 0 Å². The van der Waals surface area contributed by atoms with E-state index in [2.05, 4.69) is 33.8 Å². The summed E-state index contributed by atoms with van der Waals surface area (Å²) in [6.07, 6.45) is 6.28. The number of ether oxygens (including phenoxy) is 1. The third-order valence-corrected chi connectivity index (χ3v) is 5.31. The van der Waals surface area contributed by atoms with Gasteiger partial charge in [-0.05, 0) is 44.4 Å². The molecule has 18 heavy (non-hydrogen) atoms. The molecule has 1 saturated carbocycles. The molecule has 0 aliphatic heterocycles. The van der Waals surface area contributed by atoms with Gasteiger partial charge in [-0.15, -0.1) is 0 Å². The van der Waals surface area contributed by atoms with Crippen LogP contribution in [0.15, 0.2) is 11.6 Å². The van der Waals surface area contributed by atoms with Crippen LogP contribution in [0, 0.1) is 17.3 Å². The van der Waals surface area contributed by atoms with E-state index >= 15 is 0 Å². The van der Waals surface area contributed by atoms with E-state index in [4.69, 9.17) is 4.74 Å². The number of carbonyl (C=O) groups excluding carboxylic acids is 1. The Kier molecular flexibility index (Phi) is 3.33. The number of allylic oxidation sites excluding steroid dienone is 2. The average Bonchev–Trinajstić information content (AvgIpc) is 2.85. The van der Waals surface area contributed by atoms with Crippen LogP contribution in [0.5, 0.6) is 0 Å². The molecule has 0 aromatic heterocycles. The quantitative estimate of drug-likeness (QED) is 0.554. The van der Waals surface area contributed by atoms with Crippen LogP contribution in [-0.2, 0) is 9.53 Å². The first kappa shape index (κ1) is 13.6. The predicted octanol–water partition coefficient (Wildman–Crippen LogP) is 4.10. The molecule has 0 N–H and O–H groups in total. The second-order valence-electron chi connectivity index (χ2n) is 6.82. The molecule has 3 unspecified atom stereocenters. The van der Waals surface area contributed by atoms with Gasteiger partial charge in [0.15, 0.2) is 0 Å². The van der Waals surface area contributed by atoms with Crippen LogP contribution in [0.1, 0.15) is 60.3 Å². The molecule has 2 heteroatoms. The fourth-order valence-corrected chi connectivity index (χ4v) is 3.15.